The van der Waals surface area contributed by atoms with Crippen LogP contribution in [0.1, 0.15) is 57.8 Å². The summed E-state index contributed by atoms with van der Waals surface area (Å²) in [4.78, 5) is 12.5. The lowest BCUT2D eigenvalue weighted by molar-refractivity contribution is -0.130. The SMILES string of the molecule is O=C1[C@@H]2CC[C@]13CCC[C@@H]3CC1(CC1)C2. The first kappa shape index (κ1) is 8.78. The Morgan fingerprint density at radius 2 is 1.87 bits per heavy atom. The van der Waals surface area contributed by atoms with Gasteiger partial charge in [-0.3, -0.25) is 4.79 Å². The fourth-order valence-electron chi connectivity index (χ4n) is 5.10. The van der Waals surface area contributed by atoms with Crippen LogP contribution in [-0.2, 0) is 4.79 Å². The molecule has 0 aromatic carbocycles. The molecule has 4 rings (SSSR count). The highest BCUT2D eigenvalue weighted by atomic mass is 16.1. The quantitative estimate of drug-likeness (QED) is 0.591. The third kappa shape index (κ3) is 0.976. The smallest absolute Gasteiger partial charge is 0.142 e. The van der Waals surface area contributed by atoms with Crippen LogP contribution in [0.5, 0.6) is 0 Å². The predicted octanol–water partition coefficient (Wildman–Crippen LogP) is 3.33. The van der Waals surface area contributed by atoms with Crippen LogP contribution in [0.3, 0.4) is 0 Å². The zero-order valence-electron chi connectivity index (χ0n) is 9.43. The number of ketones is 1. The molecule has 0 heterocycles. The van der Waals surface area contributed by atoms with Gasteiger partial charge in [-0.2, -0.15) is 0 Å². The maximum absolute atomic E-state index is 12.5. The first-order valence-corrected chi connectivity index (χ1v) is 6.79. The van der Waals surface area contributed by atoms with Gasteiger partial charge in [-0.15, -0.1) is 0 Å². The molecular weight excluding hydrogens is 184 g/mol. The van der Waals surface area contributed by atoms with Gasteiger partial charge in [0.1, 0.15) is 5.78 Å². The number of hydrogen-bond acceptors (Lipinski definition) is 1. The molecule has 0 aromatic rings. The zero-order chi connectivity index (χ0) is 10.1. The van der Waals surface area contributed by atoms with Crippen LogP contribution in [-0.4, -0.2) is 5.78 Å². The summed E-state index contributed by atoms with van der Waals surface area (Å²) in [7, 11) is 0. The topological polar surface area (TPSA) is 17.1 Å². The Kier molecular flexibility index (Phi) is 1.46. The van der Waals surface area contributed by atoms with E-state index in [2.05, 4.69) is 0 Å². The number of fused-ring (bicyclic) bond motifs is 1. The number of carbonyl (C=O) groups excluding carboxylic acids is 1. The summed E-state index contributed by atoms with van der Waals surface area (Å²) < 4.78 is 0. The van der Waals surface area contributed by atoms with Gasteiger partial charge in [-0.05, 0) is 62.7 Å². The molecule has 1 heteroatoms. The van der Waals surface area contributed by atoms with Gasteiger partial charge in [-0.25, -0.2) is 0 Å². The molecule has 0 aliphatic heterocycles. The van der Waals surface area contributed by atoms with Crippen molar-refractivity contribution in [2.24, 2.45) is 22.7 Å². The van der Waals surface area contributed by atoms with Crippen LogP contribution in [0.25, 0.3) is 0 Å². The molecule has 82 valence electrons. The van der Waals surface area contributed by atoms with E-state index in [0.29, 0.717) is 17.1 Å². The van der Waals surface area contributed by atoms with Crippen molar-refractivity contribution in [1.82, 2.24) is 0 Å². The summed E-state index contributed by atoms with van der Waals surface area (Å²) in [5.74, 6) is 1.98. The minimum Gasteiger partial charge on any atom is -0.299 e. The summed E-state index contributed by atoms with van der Waals surface area (Å²) >= 11 is 0. The fourth-order valence-corrected chi connectivity index (χ4v) is 5.10. The Hall–Kier alpha value is -0.330. The standard InChI is InChI=1S/C14H20O/c15-12-10-3-5-14(12)4-1-2-11(14)9-13(8-10)6-7-13/h10-11H,1-9H2/t10-,11-,14+/m1/s1. The highest BCUT2D eigenvalue weighted by molar-refractivity contribution is 5.90. The molecule has 0 unspecified atom stereocenters. The average molecular weight is 204 g/mol. The molecule has 4 aliphatic rings. The van der Waals surface area contributed by atoms with Crippen molar-refractivity contribution < 1.29 is 4.79 Å². The van der Waals surface area contributed by atoms with Crippen LogP contribution in [0.15, 0.2) is 0 Å². The minimum atomic E-state index is 0.205. The first-order chi connectivity index (χ1) is 7.24. The molecule has 0 amide bonds. The normalized spacial score (nSPS) is 50.5. The van der Waals surface area contributed by atoms with Crippen LogP contribution < -0.4 is 0 Å². The van der Waals surface area contributed by atoms with Crippen LogP contribution in [0.2, 0.25) is 0 Å². The second-order valence-electron chi connectivity index (χ2n) is 6.75. The molecular formula is C14H20O. The summed E-state index contributed by atoms with van der Waals surface area (Å²) in [5.41, 5.74) is 0.869. The van der Waals surface area contributed by atoms with E-state index in [0.717, 1.165) is 5.92 Å². The van der Waals surface area contributed by atoms with Crippen molar-refractivity contribution in [2.45, 2.75) is 57.8 Å². The molecule has 1 nitrogen and oxygen atoms in total. The molecule has 4 saturated carbocycles. The number of Topliss-reactive ketones (excluding diaryl/α,β-unsaturated/α-hetero) is 1. The van der Waals surface area contributed by atoms with Crippen LogP contribution >= 0.6 is 0 Å². The summed E-state index contributed by atoms with van der Waals surface area (Å²) in [5, 5.41) is 0. The Morgan fingerprint density at radius 1 is 1.00 bits per heavy atom. The van der Waals surface area contributed by atoms with E-state index in [1.165, 1.54) is 57.8 Å². The molecule has 2 bridgehead atoms. The van der Waals surface area contributed by atoms with E-state index in [4.69, 9.17) is 0 Å². The zero-order valence-corrected chi connectivity index (χ0v) is 9.43. The van der Waals surface area contributed by atoms with Gasteiger partial charge in [0, 0.05) is 11.3 Å². The van der Waals surface area contributed by atoms with Gasteiger partial charge in [0.05, 0.1) is 0 Å². The van der Waals surface area contributed by atoms with Gasteiger partial charge >= 0.3 is 0 Å². The molecule has 4 fully saturated rings. The van der Waals surface area contributed by atoms with E-state index >= 15 is 0 Å². The molecule has 0 saturated heterocycles. The lowest BCUT2D eigenvalue weighted by atomic mass is 9.73. The lowest BCUT2D eigenvalue weighted by Crippen LogP contribution is -2.30. The first-order valence-electron chi connectivity index (χ1n) is 6.79. The molecule has 2 spiro atoms. The van der Waals surface area contributed by atoms with E-state index < -0.39 is 0 Å². The van der Waals surface area contributed by atoms with Gasteiger partial charge in [0.25, 0.3) is 0 Å². The average Bonchev–Trinajstić information content (AvgIpc) is 2.79. The highest BCUT2D eigenvalue weighted by Gasteiger charge is 2.61. The second kappa shape index (κ2) is 2.49. The summed E-state index contributed by atoms with van der Waals surface area (Å²) in [6, 6.07) is 0. The third-order valence-corrected chi connectivity index (χ3v) is 6.07. The minimum absolute atomic E-state index is 0.205. The van der Waals surface area contributed by atoms with E-state index in [1.54, 1.807) is 0 Å². The van der Waals surface area contributed by atoms with Crippen molar-refractivity contribution in [1.29, 1.82) is 0 Å². The van der Waals surface area contributed by atoms with Crippen molar-refractivity contribution in [3.63, 3.8) is 0 Å². The Morgan fingerprint density at radius 3 is 2.67 bits per heavy atom. The van der Waals surface area contributed by atoms with E-state index in [1.807, 2.05) is 0 Å². The summed E-state index contributed by atoms with van der Waals surface area (Å²) in [6.07, 6.45) is 12.0. The van der Waals surface area contributed by atoms with E-state index in [-0.39, 0.29) is 5.41 Å². The van der Waals surface area contributed by atoms with Gasteiger partial charge < -0.3 is 0 Å². The van der Waals surface area contributed by atoms with Crippen LogP contribution in [0, 0.1) is 22.7 Å². The van der Waals surface area contributed by atoms with Crippen molar-refractivity contribution >= 4 is 5.78 Å². The molecule has 15 heavy (non-hydrogen) atoms. The number of carbonyl (C=O) groups is 1. The number of hydrogen-bond donors (Lipinski definition) is 0. The maximum atomic E-state index is 12.5. The van der Waals surface area contributed by atoms with Crippen molar-refractivity contribution in [3.8, 4) is 0 Å². The Bertz CT molecular complexity index is 328. The van der Waals surface area contributed by atoms with Crippen molar-refractivity contribution in [2.75, 3.05) is 0 Å². The van der Waals surface area contributed by atoms with Gasteiger partial charge in [-0.1, -0.05) is 6.42 Å². The van der Waals surface area contributed by atoms with Crippen molar-refractivity contribution in [3.05, 3.63) is 0 Å². The largest absolute Gasteiger partial charge is 0.299 e. The van der Waals surface area contributed by atoms with Gasteiger partial charge in [0.15, 0.2) is 0 Å². The monoisotopic (exact) mass is 204 g/mol. The lowest BCUT2D eigenvalue weighted by Gasteiger charge is -2.30. The van der Waals surface area contributed by atoms with E-state index in [9.17, 15) is 4.79 Å². The fraction of sp³-hybridized carbons (Fsp3) is 0.929. The number of rotatable bonds is 0. The Labute approximate surface area is 91.6 Å². The molecule has 0 aromatic heterocycles. The molecule has 0 N–H and O–H groups in total. The van der Waals surface area contributed by atoms with Crippen LogP contribution in [0.4, 0.5) is 0 Å². The maximum Gasteiger partial charge on any atom is 0.142 e. The molecule has 0 radical (unpaired) electrons. The summed E-state index contributed by atoms with van der Waals surface area (Å²) in [6.45, 7) is 0. The molecule has 4 aliphatic carbocycles. The Balaban J connectivity index is 1.79. The van der Waals surface area contributed by atoms with Gasteiger partial charge in [0.2, 0.25) is 0 Å². The highest BCUT2D eigenvalue weighted by Crippen LogP contribution is 2.67. The molecule has 3 atom stereocenters. The third-order valence-electron chi connectivity index (χ3n) is 6.07. The second-order valence-corrected chi connectivity index (χ2v) is 6.75. The predicted molar refractivity (Wildman–Crippen MR) is 58.4 cm³/mol.